The zero-order chi connectivity index (χ0) is 14.8. The molecule has 1 aromatic heterocycles. The molecule has 0 bridgehead atoms. The van der Waals surface area contributed by atoms with E-state index in [1.807, 2.05) is 0 Å². The number of hydrogen-bond acceptors (Lipinski definition) is 5. The molecule has 0 unspecified atom stereocenters. The van der Waals surface area contributed by atoms with Crippen LogP contribution in [-0.4, -0.2) is 48.6 Å². The maximum atomic E-state index is 7.72. The third kappa shape index (κ3) is 3.77. The molecule has 0 aromatic carbocycles. The molecule has 20 heavy (non-hydrogen) atoms. The number of ether oxygens (including phenoxy) is 1. The van der Waals surface area contributed by atoms with Gasteiger partial charge in [0.25, 0.3) is 0 Å². The lowest BCUT2D eigenvalue weighted by Gasteiger charge is -2.26. The lowest BCUT2D eigenvalue weighted by Crippen LogP contribution is -2.37. The maximum Gasteiger partial charge on any atom is 0.135 e. The third-order valence-corrected chi connectivity index (χ3v) is 4.52. The van der Waals surface area contributed by atoms with Gasteiger partial charge >= 0.3 is 0 Å². The van der Waals surface area contributed by atoms with E-state index in [4.69, 9.17) is 20.9 Å². The second kappa shape index (κ2) is 6.20. The number of hydrogen-bond donors (Lipinski definition) is 2. The van der Waals surface area contributed by atoms with Crippen LogP contribution >= 0.6 is 11.3 Å². The van der Waals surface area contributed by atoms with Gasteiger partial charge in [-0.05, 0) is 0 Å². The van der Waals surface area contributed by atoms with Gasteiger partial charge in [0.1, 0.15) is 5.84 Å². The monoisotopic (exact) mass is 296 g/mol. The van der Waals surface area contributed by atoms with Crippen molar-refractivity contribution in [1.82, 2.24) is 9.88 Å². The highest BCUT2D eigenvalue weighted by Gasteiger charge is 2.24. The summed E-state index contributed by atoms with van der Waals surface area (Å²) in [6, 6.07) is 0. The Bertz CT molecular complexity index is 472. The van der Waals surface area contributed by atoms with Gasteiger partial charge in [0, 0.05) is 31.5 Å². The topological polar surface area (TPSA) is 75.2 Å². The van der Waals surface area contributed by atoms with Gasteiger partial charge in [0.15, 0.2) is 0 Å². The molecule has 0 saturated carbocycles. The Morgan fingerprint density at radius 2 is 2.05 bits per heavy atom. The fourth-order valence-electron chi connectivity index (χ4n) is 2.24. The third-order valence-electron chi connectivity index (χ3n) is 3.37. The van der Waals surface area contributed by atoms with E-state index in [1.165, 1.54) is 0 Å². The maximum absolute atomic E-state index is 7.72. The van der Waals surface area contributed by atoms with Crippen LogP contribution < -0.4 is 5.73 Å². The number of nitrogens with one attached hydrogen (secondary N) is 1. The van der Waals surface area contributed by atoms with Crippen molar-refractivity contribution in [3.05, 3.63) is 15.6 Å². The average Bonchev–Trinajstić information content (AvgIpc) is 2.82. The van der Waals surface area contributed by atoms with Gasteiger partial charge in [-0.1, -0.05) is 20.8 Å². The number of thiazole rings is 1. The first kappa shape index (κ1) is 15.4. The fraction of sp³-hybridized carbons (Fsp3) is 0.714. The highest BCUT2D eigenvalue weighted by molar-refractivity contribution is 7.13. The molecule has 2 rings (SSSR count). The highest BCUT2D eigenvalue weighted by Crippen LogP contribution is 2.29. The molecule has 1 aliphatic rings. The molecule has 0 aliphatic carbocycles. The molecular weight excluding hydrogens is 272 g/mol. The Morgan fingerprint density at radius 1 is 1.40 bits per heavy atom. The Labute approximate surface area is 124 Å². The predicted molar refractivity (Wildman–Crippen MR) is 82.8 cm³/mol. The first-order chi connectivity index (χ1) is 9.38. The van der Waals surface area contributed by atoms with Crippen LogP contribution in [0, 0.1) is 5.41 Å². The van der Waals surface area contributed by atoms with E-state index in [-0.39, 0.29) is 11.3 Å². The van der Waals surface area contributed by atoms with Crippen molar-refractivity contribution in [2.75, 3.05) is 32.8 Å². The number of morpholine rings is 1. The molecule has 1 aromatic rings. The van der Waals surface area contributed by atoms with Crippen molar-refractivity contribution in [3.8, 4) is 0 Å². The molecule has 1 aliphatic heterocycles. The SMILES string of the molecule is CC(C)(C)c1nc(CCN2CCOCC2)sc1C(=N)N. The Morgan fingerprint density at radius 3 is 2.55 bits per heavy atom. The summed E-state index contributed by atoms with van der Waals surface area (Å²) in [5.74, 6) is 0.130. The minimum atomic E-state index is -0.0747. The molecule has 112 valence electrons. The zero-order valence-corrected chi connectivity index (χ0v) is 13.3. The van der Waals surface area contributed by atoms with Crippen LogP contribution in [0.4, 0.5) is 0 Å². The summed E-state index contributed by atoms with van der Waals surface area (Å²) in [7, 11) is 0. The summed E-state index contributed by atoms with van der Waals surface area (Å²) < 4.78 is 5.35. The molecule has 1 saturated heterocycles. The Hall–Kier alpha value is -0.980. The lowest BCUT2D eigenvalue weighted by molar-refractivity contribution is 0.0384. The summed E-state index contributed by atoms with van der Waals surface area (Å²) in [6.07, 6.45) is 0.918. The summed E-state index contributed by atoms with van der Waals surface area (Å²) in [6.45, 7) is 11.0. The predicted octanol–water partition coefficient (Wildman–Crippen LogP) is 1.60. The molecule has 6 heteroatoms. The molecule has 0 amide bonds. The second-order valence-corrected chi connectivity index (χ2v) is 7.24. The van der Waals surface area contributed by atoms with E-state index in [1.54, 1.807) is 11.3 Å². The first-order valence-electron chi connectivity index (χ1n) is 7.02. The van der Waals surface area contributed by atoms with Crippen molar-refractivity contribution < 1.29 is 4.74 Å². The van der Waals surface area contributed by atoms with E-state index < -0.39 is 0 Å². The van der Waals surface area contributed by atoms with Gasteiger partial charge in [0.05, 0.1) is 28.8 Å². The van der Waals surface area contributed by atoms with Gasteiger partial charge in [0.2, 0.25) is 0 Å². The van der Waals surface area contributed by atoms with Gasteiger partial charge in [-0.3, -0.25) is 10.3 Å². The first-order valence-corrected chi connectivity index (χ1v) is 7.84. The van der Waals surface area contributed by atoms with Crippen molar-refractivity contribution in [2.45, 2.75) is 32.6 Å². The van der Waals surface area contributed by atoms with Crippen LogP contribution in [0.5, 0.6) is 0 Å². The van der Waals surface area contributed by atoms with Crippen LogP contribution in [-0.2, 0) is 16.6 Å². The van der Waals surface area contributed by atoms with Crippen LogP contribution in [0.3, 0.4) is 0 Å². The number of amidine groups is 1. The van der Waals surface area contributed by atoms with Crippen LogP contribution in [0.2, 0.25) is 0 Å². The van der Waals surface area contributed by atoms with E-state index in [0.717, 1.165) is 54.8 Å². The van der Waals surface area contributed by atoms with Gasteiger partial charge < -0.3 is 10.5 Å². The molecule has 5 nitrogen and oxygen atoms in total. The lowest BCUT2D eigenvalue weighted by atomic mass is 9.91. The molecule has 2 heterocycles. The van der Waals surface area contributed by atoms with Crippen molar-refractivity contribution in [2.24, 2.45) is 5.73 Å². The molecule has 0 radical (unpaired) electrons. The summed E-state index contributed by atoms with van der Waals surface area (Å²) in [4.78, 5) is 7.95. The Balaban J connectivity index is 2.06. The molecule has 0 atom stereocenters. The van der Waals surface area contributed by atoms with Gasteiger partial charge in [-0.15, -0.1) is 11.3 Å². The number of nitrogens with two attached hydrogens (primary N) is 1. The molecule has 3 N–H and O–H groups in total. The van der Waals surface area contributed by atoms with Crippen LogP contribution in [0.15, 0.2) is 0 Å². The van der Waals surface area contributed by atoms with Gasteiger partial charge in [-0.25, -0.2) is 4.98 Å². The average molecular weight is 296 g/mol. The quantitative estimate of drug-likeness (QED) is 0.654. The van der Waals surface area contributed by atoms with Crippen LogP contribution in [0.1, 0.15) is 36.3 Å². The zero-order valence-electron chi connectivity index (χ0n) is 12.5. The number of nitrogens with zero attached hydrogens (tertiary/aromatic N) is 2. The minimum absolute atomic E-state index is 0.0747. The normalized spacial score (nSPS) is 17.4. The minimum Gasteiger partial charge on any atom is -0.383 e. The second-order valence-electron chi connectivity index (χ2n) is 6.15. The number of nitrogen functional groups attached to an aromatic ring is 1. The highest BCUT2D eigenvalue weighted by atomic mass is 32.1. The van der Waals surface area contributed by atoms with Crippen molar-refractivity contribution in [3.63, 3.8) is 0 Å². The van der Waals surface area contributed by atoms with E-state index in [0.29, 0.717) is 0 Å². The molecule has 1 fully saturated rings. The Kier molecular flexibility index (Phi) is 4.78. The molecule has 0 spiro atoms. The summed E-state index contributed by atoms with van der Waals surface area (Å²) >= 11 is 1.56. The summed E-state index contributed by atoms with van der Waals surface area (Å²) in [5, 5.41) is 8.79. The van der Waals surface area contributed by atoms with E-state index >= 15 is 0 Å². The van der Waals surface area contributed by atoms with Gasteiger partial charge in [-0.2, -0.15) is 0 Å². The number of rotatable bonds is 4. The smallest absolute Gasteiger partial charge is 0.135 e. The fourth-order valence-corrected chi connectivity index (χ4v) is 3.37. The molecular formula is C14H24N4OS. The standard InChI is InChI=1S/C14H24N4OS/c1-14(2,3)12-11(13(15)16)20-10(17-12)4-5-18-6-8-19-9-7-18/h4-9H2,1-3H3,(H3,15,16). The van der Waals surface area contributed by atoms with E-state index in [2.05, 4.69) is 25.7 Å². The van der Waals surface area contributed by atoms with E-state index in [9.17, 15) is 0 Å². The van der Waals surface area contributed by atoms with Crippen LogP contribution in [0.25, 0.3) is 0 Å². The number of aromatic nitrogens is 1. The van der Waals surface area contributed by atoms with Crippen molar-refractivity contribution >= 4 is 17.2 Å². The van der Waals surface area contributed by atoms with Crippen molar-refractivity contribution in [1.29, 1.82) is 5.41 Å². The largest absolute Gasteiger partial charge is 0.383 e. The summed E-state index contributed by atoms with van der Waals surface area (Å²) in [5.41, 5.74) is 6.57.